The third-order valence-electron chi connectivity index (χ3n) is 6.50. The van der Waals surface area contributed by atoms with Gasteiger partial charge in [0.2, 0.25) is 0 Å². The fourth-order valence-electron chi connectivity index (χ4n) is 4.67. The fourth-order valence-corrected chi connectivity index (χ4v) is 5.84. The highest BCUT2D eigenvalue weighted by Crippen LogP contribution is 2.31. The van der Waals surface area contributed by atoms with Crippen LogP contribution in [0.5, 0.6) is 0 Å². The van der Waals surface area contributed by atoms with Gasteiger partial charge in [0.1, 0.15) is 0 Å². The van der Waals surface area contributed by atoms with Gasteiger partial charge in [0.05, 0.1) is 33.7 Å². The summed E-state index contributed by atoms with van der Waals surface area (Å²) >= 11 is 7.46. The summed E-state index contributed by atoms with van der Waals surface area (Å²) in [5.41, 5.74) is 4.68. The quantitative estimate of drug-likeness (QED) is 0.325. The first-order valence-corrected chi connectivity index (χ1v) is 13.4. The number of halogens is 1. The largest absolute Gasteiger partial charge is 0.322 e. The molecule has 2 N–H and O–H groups in total. The third-order valence-corrected chi connectivity index (χ3v) is 7.74. The summed E-state index contributed by atoms with van der Waals surface area (Å²) in [4.78, 5) is 32.8. The molecule has 1 unspecified atom stereocenters. The number of allylic oxidation sites excluding steroid dienone is 1. The Labute approximate surface area is 232 Å². The number of rotatable bonds is 5. The van der Waals surface area contributed by atoms with Crippen LogP contribution in [0.3, 0.4) is 0 Å². The minimum absolute atomic E-state index is 0.239. The molecule has 9 heteroatoms. The standard InChI is InChI=1S/C30H22ClN5O2S/c1-18-25(28(37)34-23-10-6-3-7-11-23)27(20-12-14-22(31)15-13-20)36-29(38)24(39-30(36)33-18)16-21-17-32-35-26(21)19-8-4-2-5-9-19/h2-17,27H,1H3,(H,32,35)(H,34,37). The molecule has 1 aliphatic heterocycles. The number of aromatic amines is 1. The molecule has 0 saturated carbocycles. The Kier molecular flexibility index (Phi) is 6.56. The number of H-pyrrole nitrogens is 1. The first-order valence-electron chi connectivity index (χ1n) is 12.2. The lowest BCUT2D eigenvalue weighted by Gasteiger charge is -2.25. The summed E-state index contributed by atoms with van der Waals surface area (Å²) in [6.07, 6.45) is 3.51. The van der Waals surface area contributed by atoms with Crippen molar-refractivity contribution >= 4 is 40.6 Å². The van der Waals surface area contributed by atoms with Gasteiger partial charge in [-0.1, -0.05) is 83.6 Å². The van der Waals surface area contributed by atoms with E-state index in [1.165, 1.54) is 11.3 Å². The Bertz CT molecular complexity index is 1890. The van der Waals surface area contributed by atoms with Crippen molar-refractivity contribution in [3.8, 4) is 11.3 Å². The minimum Gasteiger partial charge on any atom is -0.322 e. The summed E-state index contributed by atoms with van der Waals surface area (Å²) in [7, 11) is 0. The van der Waals surface area contributed by atoms with Crippen molar-refractivity contribution in [3.63, 3.8) is 0 Å². The highest BCUT2D eigenvalue weighted by atomic mass is 35.5. The molecule has 3 heterocycles. The molecule has 0 saturated heterocycles. The number of carbonyl (C=O) groups excluding carboxylic acids is 1. The van der Waals surface area contributed by atoms with Gasteiger partial charge in [-0.2, -0.15) is 5.10 Å². The molecule has 0 fully saturated rings. The van der Waals surface area contributed by atoms with Crippen molar-refractivity contribution in [2.45, 2.75) is 13.0 Å². The van der Waals surface area contributed by atoms with Crippen LogP contribution in [-0.4, -0.2) is 20.7 Å². The van der Waals surface area contributed by atoms with E-state index in [9.17, 15) is 9.59 Å². The van der Waals surface area contributed by atoms with Gasteiger partial charge in [0, 0.05) is 21.8 Å². The smallest absolute Gasteiger partial charge is 0.271 e. The molecule has 5 aromatic rings. The lowest BCUT2D eigenvalue weighted by Crippen LogP contribution is -2.40. The molecule has 1 aliphatic rings. The van der Waals surface area contributed by atoms with Crippen molar-refractivity contribution in [1.82, 2.24) is 14.8 Å². The monoisotopic (exact) mass is 551 g/mol. The van der Waals surface area contributed by atoms with E-state index in [1.807, 2.05) is 78.9 Å². The summed E-state index contributed by atoms with van der Waals surface area (Å²) < 4.78 is 2.08. The van der Waals surface area contributed by atoms with Crippen molar-refractivity contribution in [2.75, 3.05) is 5.32 Å². The van der Waals surface area contributed by atoms with E-state index >= 15 is 0 Å². The minimum atomic E-state index is -0.678. The van der Waals surface area contributed by atoms with Crippen LogP contribution in [0.4, 0.5) is 5.69 Å². The van der Waals surface area contributed by atoms with Crippen molar-refractivity contribution in [2.24, 2.45) is 4.99 Å². The first-order chi connectivity index (χ1) is 19.0. The highest BCUT2D eigenvalue weighted by molar-refractivity contribution is 7.07. The molecular formula is C30H22ClN5O2S. The maximum absolute atomic E-state index is 13.9. The number of para-hydroxylation sites is 1. The average molecular weight is 552 g/mol. The van der Waals surface area contributed by atoms with Gasteiger partial charge in [0.25, 0.3) is 11.5 Å². The molecule has 2 aromatic heterocycles. The van der Waals surface area contributed by atoms with Gasteiger partial charge in [-0.15, -0.1) is 0 Å². The van der Waals surface area contributed by atoms with Crippen LogP contribution in [0.15, 0.2) is 112 Å². The Morgan fingerprint density at radius 2 is 1.72 bits per heavy atom. The number of nitrogens with one attached hydrogen (secondary N) is 2. The van der Waals surface area contributed by atoms with Crippen LogP contribution in [0.1, 0.15) is 24.1 Å². The number of benzene rings is 3. The van der Waals surface area contributed by atoms with E-state index in [-0.39, 0.29) is 11.5 Å². The fraction of sp³-hybridized carbons (Fsp3) is 0.0667. The van der Waals surface area contributed by atoms with Gasteiger partial charge in [0.15, 0.2) is 4.80 Å². The van der Waals surface area contributed by atoms with E-state index in [2.05, 4.69) is 15.5 Å². The molecule has 192 valence electrons. The molecule has 6 rings (SSSR count). The number of hydrogen-bond acceptors (Lipinski definition) is 5. The number of nitrogens with zero attached hydrogens (tertiary/aromatic N) is 3. The number of aromatic nitrogens is 3. The number of hydrogen-bond donors (Lipinski definition) is 2. The number of carbonyl (C=O) groups is 1. The van der Waals surface area contributed by atoms with E-state index in [0.717, 1.165) is 22.4 Å². The van der Waals surface area contributed by atoms with Gasteiger partial charge in [-0.05, 0) is 42.8 Å². The van der Waals surface area contributed by atoms with E-state index in [1.54, 1.807) is 29.8 Å². The zero-order chi connectivity index (χ0) is 26.9. The second-order valence-electron chi connectivity index (χ2n) is 9.02. The van der Waals surface area contributed by atoms with Gasteiger partial charge in [-0.25, -0.2) is 4.99 Å². The number of thiazole rings is 1. The predicted octanol–water partition coefficient (Wildman–Crippen LogP) is 4.92. The van der Waals surface area contributed by atoms with Crippen molar-refractivity contribution in [1.29, 1.82) is 0 Å². The van der Waals surface area contributed by atoms with Crippen molar-refractivity contribution in [3.05, 3.63) is 138 Å². The van der Waals surface area contributed by atoms with Crippen LogP contribution < -0.4 is 20.2 Å². The zero-order valence-electron chi connectivity index (χ0n) is 20.8. The van der Waals surface area contributed by atoms with Crippen LogP contribution in [0.2, 0.25) is 5.02 Å². The Hall–Kier alpha value is -4.53. The molecule has 39 heavy (non-hydrogen) atoms. The second-order valence-corrected chi connectivity index (χ2v) is 10.5. The summed E-state index contributed by atoms with van der Waals surface area (Å²) in [5.74, 6) is -0.321. The normalized spacial score (nSPS) is 15.1. The molecule has 3 aromatic carbocycles. The maximum Gasteiger partial charge on any atom is 0.271 e. The maximum atomic E-state index is 13.9. The van der Waals surface area contributed by atoms with Crippen molar-refractivity contribution < 1.29 is 4.79 Å². The Morgan fingerprint density at radius 1 is 1.03 bits per heavy atom. The van der Waals surface area contributed by atoms with Crippen LogP contribution in [-0.2, 0) is 4.79 Å². The Balaban J connectivity index is 1.50. The second kappa shape index (κ2) is 10.3. The molecule has 1 amide bonds. The predicted molar refractivity (Wildman–Crippen MR) is 154 cm³/mol. The molecule has 0 radical (unpaired) electrons. The topological polar surface area (TPSA) is 92.1 Å². The molecule has 1 atom stereocenters. The molecular weight excluding hydrogens is 530 g/mol. The number of fused-ring (bicyclic) bond motifs is 1. The SMILES string of the molecule is CC1=C(C(=O)Nc2ccccc2)C(c2ccc(Cl)cc2)n2c(sc(=Cc3cn[nH]c3-c3ccccc3)c2=O)=N1. The highest BCUT2D eigenvalue weighted by Gasteiger charge is 2.32. The van der Waals surface area contributed by atoms with Gasteiger partial charge < -0.3 is 5.32 Å². The Morgan fingerprint density at radius 3 is 2.44 bits per heavy atom. The lowest BCUT2D eigenvalue weighted by molar-refractivity contribution is -0.113. The van der Waals surface area contributed by atoms with Gasteiger partial charge >= 0.3 is 0 Å². The summed E-state index contributed by atoms with van der Waals surface area (Å²) in [6.45, 7) is 1.80. The van der Waals surface area contributed by atoms with E-state index < -0.39 is 6.04 Å². The lowest BCUT2D eigenvalue weighted by atomic mass is 9.95. The van der Waals surface area contributed by atoms with Crippen LogP contribution >= 0.6 is 22.9 Å². The molecule has 0 aliphatic carbocycles. The molecule has 7 nitrogen and oxygen atoms in total. The summed E-state index contributed by atoms with van der Waals surface area (Å²) in [6, 6.07) is 25.5. The molecule has 0 bridgehead atoms. The average Bonchev–Trinajstić information content (AvgIpc) is 3.53. The van der Waals surface area contributed by atoms with E-state index in [0.29, 0.717) is 31.3 Å². The van der Waals surface area contributed by atoms with E-state index in [4.69, 9.17) is 16.6 Å². The number of anilines is 1. The third kappa shape index (κ3) is 4.76. The summed E-state index contributed by atoms with van der Waals surface area (Å²) in [5, 5.41) is 10.8. The number of amides is 1. The van der Waals surface area contributed by atoms with Crippen LogP contribution in [0, 0.1) is 0 Å². The van der Waals surface area contributed by atoms with Crippen LogP contribution in [0.25, 0.3) is 17.3 Å². The molecule has 0 spiro atoms. The zero-order valence-corrected chi connectivity index (χ0v) is 22.3. The first kappa shape index (κ1) is 24.8. The van der Waals surface area contributed by atoms with Gasteiger partial charge in [-0.3, -0.25) is 19.3 Å².